The van der Waals surface area contributed by atoms with Crippen LogP contribution in [0.2, 0.25) is 0 Å². The van der Waals surface area contributed by atoms with Crippen molar-refractivity contribution < 1.29 is 4.74 Å². The van der Waals surface area contributed by atoms with Crippen molar-refractivity contribution in [3.8, 4) is 0 Å². The third-order valence-corrected chi connectivity index (χ3v) is 5.20. The lowest BCUT2D eigenvalue weighted by atomic mass is 10.2. The van der Waals surface area contributed by atoms with Crippen molar-refractivity contribution in [1.29, 1.82) is 0 Å². The average Bonchev–Trinajstić information content (AvgIpc) is 2.56. The molecule has 0 atom stereocenters. The van der Waals surface area contributed by atoms with Crippen LogP contribution >= 0.6 is 11.8 Å². The van der Waals surface area contributed by atoms with Crippen molar-refractivity contribution >= 4 is 11.8 Å². The third-order valence-electron chi connectivity index (χ3n) is 3.95. The van der Waals surface area contributed by atoms with Crippen LogP contribution in [0.3, 0.4) is 0 Å². The second-order valence-electron chi connectivity index (χ2n) is 7.14. The van der Waals surface area contributed by atoms with E-state index in [2.05, 4.69) is 77.4 Å². The van der Waals surface area contributed by atoms with Crippen LogP contribution < -0.4 is 0 Å². The van der Waals surface area contributed by atoms with Gasteiger partial charge in [-0.25, -0.2) is 0 Å². The van der Waals surface area contributed by atoms with Gasteiger partial charge in [0.2, 0.25) is 0 Å². The second-order valence-corrected chi connectivity index (χ2v) is 9.06. The summed E-state index contributed by atoms with van der Waals surface area (Å²) in [5.74, 6) is 1.25. The second kappa shape index (κ2) is 11.9. The molecule has 1 aliphatic heterocycles. The summed E-state index contributed by atoms with van der Waals surface area (Å²) in [5.41, 5.74) is 1.43. The molecule has 1 aromatic rings. The first-order valence-corrected chi connectivity index (χ1v) is 10.0. The molecule has 1 saturated heterocycles. The Morgan fingerprint density at radius 2 is 1.54 bits per heavy atom. The van der Waals surface area contributed by atoms with E-state index in [1.54, 1.807) is 7.11 Å². The first-order chi connectivity index (χ1) is 11.4. The lowest BCUT2D eigenvalue weighted by Crippen LogP contribution is -2.46. The number of nitrogens with zero attached hydrogens (tertiary/aromatic N) is 2. The highest BCUT2D eigenvalue weighted by Gasteiger charge is 2.17. The summed E-state index contributed by atoms with van der Waals surface area (Å²) in [7, 11) is 1.68. The zero-order valence-electron chi connectivity index (χ0n) is 16.3. The number of methoxy groups -OCH3 is 1. The van der Waals surface area contributed by atoms with Gasteiger partial charge in [0.25, 0.3) is 0 Å². The molecule has 1 aliphatic rings. The zero-order chi connectivity index (χ0) is 17.8. The molecule has 0 aliphatic carbocycles. The highest BCUT2D eigenvalue weighted by molar-refractivity contribution is 8.00. The summed E-state index contributed by atoms with van der Waals surface area (Å²) >= 11 is 2.08. The Bertz CT molecular complexity index is 409. The number of benzene rings is 1. The predicted molar refractivity (Wildman–Crippen MR) is 108 cm³/mol. The number of rotatable bonds is 6. The van der Waals surface area contributed by atoms with Crippen molar-refractivity contribution in [2.24, 2.45) is 0 Å². The highest BCUT2D eigenvalue weighted by atomic mass is 32.2. The van der Waals surface area contributed by atoms with Gasteiger partial charge in [-0.3, -0.25) is 9.80 Å². The molecular formula is C20H36N2OS. The molecule has 0 aromatic heterocycles. The molecule has 0 unspecified atom stereocenters. The number of piperazine rings is 1. The molecule has 0 radical (unpaired) electrons. The summed E-state index contributed by atoms with van der Waals surface area (Å²) in [6.45, 7) is 16.9. The minimum absolute atomic E-state index is 0.398. The van der Waals surface area contributed by atoms with Crippen LogP contribution in [0.1, 0.15) is 33.3 Å². The fourth-order valence-electron chi connectivity index (χ4n) is 2.49. The van der Waals surface area contributed by atoms with E-state index >= 15 is 0 Å². The van der Waals surface area contributed by atoms with Gasteiger partial charge in [-0.2, -0.15) is 11.8 Å². The first-order valence-electron chi connectivity index (χ1n) is 9.06. The number of hydrogen-bond donors (Lipinski definition) is 0. The highest BCUT2D eigenvalue weighted by Crippen LogP contribution is 2.23. The Balaban J connectivity index is 0.000000648. The number of ether oxygens (including phenoxy) is 1. The molecule has 1 aromatic carbocycles. The van der Waals surface area contributed by atoms with Crippen molar-refractivity contribution in [3.05, 3.63) is 35.9 Å². The fraction of sp³-hybridized carbons (Fsp3) is 0.700. The molecule has 2 rings (SSSR count). The van der Waals surface area contributed by atoms with Crippen molar-refractivity contribution in [2.75, 3.05) is 52.2 Å². The van der Waals surface area contributed by atoms with Gasteiger partial charge in [0.15, 0.2) is 0 Å². The molecule has 24 heavy (non-hydrogen) atoms. The Morgan fingerprint density at radius 1 is 1.00 bits per heavy atom. The number of thioether (sulfide) groups is 1. The minimum Gasteiger partial charge on any atom is -0.385 e. The van der Waals surface area contributed by atoms with Crippen LogP contribution in [-0.4, -0.2) is 66.7 Å². The number of hydrogen-bond acceptors (Lipinski definition) is 4. The molecular weight excluding hydrogens is 316 g/mol. The maximum atomic E-state index is 4.54. The normalized spacial score (nSPS) is 16.5. The molecule has 0 N–H and O–H groups in total. The molecule has 0 spiro atoms. The van der Waals surface area contributed by atoms with Gasteiger partial charge in [0.05, 0.1) is 0 Å². The Labute approximate surface area is 153 Å². The van der Waals surface area contributed by atoms with Crippen LogP contribution in [0.25, 0.3) is 0 Å². The molecule has 0 bridgehead atoms. The Morgan fingerprint density at radius 3 is 2.04 bits per heavy atom. The standard InChI is InChI=1S/C17H28N2S.C3H8O/c1-17(2,3)20-14-13-18-9-11-19(12-10-18)15-16-7-5-4-6-8-16;1-3-4-2/h4-8H,9-15H2,1-3H3;3H2,1-2H3. The monoisotopic (exact) mass is 352 g/mol. The van der Waals surface area contributed by atoms with Gasteiger partial charge in [-0.1, -0.05) is 51.1 Å². The van der Waals surface area contributed by atoms with Gasteiger partial charge in [0.1, 0.15) is 0 Å². The van der Waals surface area contributed by atoms with E-state index in [-0.39, 0.29) is 0 Å². The van der Waals surface area contributed by atoms with Crippen molar-refractivity contribution in [3.63, 3.8) is 0 Å². The van der Waals surface area contributed by atoms with E-state index in [9.17, 15) is 0 Å². The van der Waals surface area contributed by atoms with E-state index in [1.165, 1.54) is 44.0 Å². The van der Waals surface area contributed by atoms with E-state index in [0.717, 1.165) is 13.2 Å². The third kappa shape index (κ3) is 10.3. The quantitative estimate of drug-likeness (QED) is 0.769. The van der Waals surface area contributed by atoms with Gasteiger partial charge < -0.3 is 4.74 Å². The van der Waals surface area contributed by atoms with Gasteiger partial charge in [-0.05, 0) is 12.5 Å². The molecule has 1 heterocycles. The molecule has 4 heteroatoms. The summed E-state index contributed by atoms with van der Waals surface area (Å²) in [6, 6.07) is 10.8. The summed E-state index contributed by atoms with van der Waals surface area (Å²) in [5, 5.41) is 0. The summed E-state index contributed by atoms with van der Waals surface area (Å²) in [4.78, 5) is 5.18. The van der Waals surface area contributed by atoms with Crippen LogP contribution in [-0.2, 0) is 11.3 Å². The van der Waals surface area contributed by atoms with E-state index in [4.69, 9.17) is 0 Å². The topological polar surface area (TPSA) is 15.7 Å². The van der Waals surface area contributed by atoms with Crippen molar-refractivity contribution in [1.82, 2.24) is 9.80 Å². The average molecular weight is 353 g/mol. The van der Waals surface area contributed by atoms with Gasteiger partial charge in [0, 0.05) is 63.5 Å². The zero-order valence-corrected chi connectivity index (χ0v) is 17.1. The molecule has 0 amide bonds. The van der Waals surface area contributed by atoms with E-state index in [1.807, 2.05) is 6.92 Å². The molecule has 3 nitrogen and oxygen atoms in total. The maximum Gasteiger partial charge on any atom is 0.0433 e. The van der Waals surface area contributed by atoms with Crippen LogP contribution in [0, 0.1) is 0 Å². The predicted octanol–water partition coefficient (Wildman–Crippen LogP) is 3.99. The smallest absolute Gasteiger partial charge is 0.0433 e. The molecule has 1 fully saturated rings. The van der Waals surface area contributed by atoms with E-state index in [0.29, 0.717) is 4.75 Å². The fourth-order valence-corrected chi connectivity index (χ4v) is 3.46. The maximum absolute atomic E-state index is 4.54. The van der Waals surface area contributed by atoms with Crippen LogP contribution in [0.5, 0.6) is 0 Å². The first kappa shape index (κ1) is 21.5. The molecule has 138 valence electrons. The van der Waals surface area contributed by atoms with Crippen molar-refractivity contribution in [2.45, 2.75) is 39.0 Å². The summed E-state index contributed by atoms with van der Waals surface area (Å²) in [6.07, 6.45) is 0. The van der Waals surface area contributed by atoms with E-state index < -0.39 is 0 Å². The SMILES string of the molecule is CC(C)(C)SCCN1CCN(Cc2ccccc2)CC1.CCOC. The van der Waals surface area contributed by atoms with Gasteiger partial charge in [-0.15, -0.1) is 0 Å². The lowest BCUT2D eigenvalue weighted by molar-refractivity contribution is 0.133. The summed E-state index contributed by atoms with van der Waals surface area (Å²) < 4.78 is 4.94. The lowest BCUT2D eigenvalue weighted by Gasteiger charge is -2.35. The Hall–Kier alpha value is -0.550. The van der Waals surface area contributed by atoms with Crippen LogP contribution in [0.4, 0.5) is 0 Å². The molecule has 0 saturated carbocycles. The Kier molecular flexibility index (Phi) is 10.7. The van der Waals surface area contributed by atoms with Gasteiger partial charge >= 0.3 is 0 Å². The minimum atomic E-state index is 0.398. The van der Waals surface area contributed by atoms with Crippen LogP contribution in [0.15, 0.2) is 30.3 Å². The largest absolute Gasteiger partial charge is 0.385 e.